The molecule has 0 fully saturated rings. The Morgan fingerprint density at radius 2 is 1.39 bits per heavy atom. The van der Waals surface area contributed by atoms with E-state index in [0.717, 1.165) is 0 Å². The summed E-state index contributed by atoms with van der Waals surface area (Å²) >= 11 is 0. The van der Waals surface area contributed by atoms with Crippen LogP contribution in [-0.4, -0.2) is 46.3 Å². The summed E-state index contributed by atoms with van der Waals surface area (Å²) in [5.41, 5.74) is 0.594. The molecule has 7 heteroatoms. The molecule has 23 heavy (non-hydrogen) atoms. The van der Waals surface area contributed by atoms with E-state index < -0.39 is 29.7 Å². The zero-order valence-corrected chi connectivity index (χ0v) is 13.5. The normalized spacial score (nSPS) is 11.5. The number of esters is 3. The Labute approximate surface area is 134 Å². The molecule has 0 radical (unpaired) electrons. The molecule has 1 aromatic carbocycles. The first-order valence-electron chi connectivity index (χ1n) is 6.84. The molecule has 0 aliphatic rings. The molecule has 1 atom stereocenters. The van der Waals surface area contributed by atoms with Crippen LogP contribution in [0.5, 0.6) is 5.75 Å². The van der Waals surface area contributed by atoms with Crippen LogP contribution in [-0.2, 0) is 28.6 Å². The molecule has 0 aromatic heterocycles. The van der Waals surface area contributed by atoms with Crippen molar-refractivity contribution in [3.63, 3.8) is 0 Å². The molecule has 0 spiro atoms. The van der Waals surface area contributed by atoms with Gasteiger partial charge in [-0.05, 0) is 17.7 Å². The average molecular weight is 324 g/mol. The Bertz CT molecular complexity index is 534. The van der Waals surface area contributed by atoms with Crippen LogP contribution in [0.3, 0.4) is 0 Å². The van der Waals surface area contributed by atoms with Crippen LogP contribution < -0.4 is 4.74 Å². The van der Waals surface area contributed by atoms with Crippen molar-refractivity contribution in [1.29, 1.82) is 0 Å². The van der Waals surface area contributed by atoms with Crippen molar-refractivity contribution in [1.82, 2.24) is 0 Å². The second-order valence-corrected chi connectivity index (χ2v) is 4.68. The van der Waals surface area contributed by atoms with Gasteiger partial charge in [0.05, 0.1) is 34.9 Å². The molecule has 0 saturated heterocycles. The molecule has 126 valence electrons. The van der Waals surface area contributed by atoms with E-state index in [1.54, 1.807) is 24.3 Å². The molecule has 0 heterocycles. The zero-order valence-electron chi connectivity index (χ0n) is 13.5. The fourth-order valence-corrected chi connectivity index (χ4v) is 2.22. The van der Waals surface area contributed by atoms with Crippen molar-refractivity contribution in [2.24, 2.45) is 5.92 Å². The first-order chi connectivity index (χ1) is 11.0. The van der Waals surface area contributed by atoms with Crippen molar-refractivity contribution in [3.05, 3.63) is 29.8 Å². The van der Waals surface area contributed by atoms with Gasteiger partial charge in [-0.1, -0.05) is 12.1 Å². The predicted molar refractivity (Wildman–Crippen MR) is 79.9 cm³/mol. The van der Waals surface area contributed by atoms with Crippen LogP contribution >= 0.6 is 0 Å². The maximum atomic E-state index is 12.0. The Morgan fingerprint density at radius 3 is 1.78 bits per heavy atom. The third kappa shape index (κ3) is 4.70. The van der Waals surface area contributed by atoms with E-state index in [-0.39, 0.29) is 6.42 Å². The molecule has 0 bridgehead atoms. The Kier molecular flexibility index (Phi) is 7.05. The Balaban J connectivity index is 3.26. The minimum absolute atomic E-state index is 0.169. The van der Waals surface area contributed by atoms with E-state index in [1.807, 2.05) is 0 Å². The van der Waals surface area contributed by atoms with Gasteiger partial charge in [0, 0.05) is 5.92 Å². The van der Waals surface area contributed by atoms with Gasteiger partial charge in [0.1, 0.15) is 5.75 Å². The molecule has 0 aliphatic carbocycles. The monoisotopic (exact) mass is 324 g/mol. The molecule has 0 amide bonds. The fourth-order valence-electron chi connectivity index (χ4n) is 2.22. The lowest BCUT2D eigenvalue weighted by Gasteiger charge is -2.23. The molecule has 0 aliphatic heterocycles. The lowest BCUT2D eigenvalue weighted by molar-refractivity contribution is -0.160. The van der Waals surface area contributed by atoms with Gasteiger partial charge in [-0.2, -0.15) is 0 Å². The Hall–Kier alpha value is -2.57. The minimum Gasteiger partial charge on any atom is -0.497 e. The van der Waals surface area contributed by atoms with Gasteiger partial charge in [0.25, 0.3) is 0 Å². The summed E-state index contributed by atoms with van der Waals surface area (Å²) < 4.78 is 19.1. The van der Waals surface area contributed by atoms with Crippen molar-refractivity contribution >= 4 is 17.9 Å². The molecular weight excluding hydrogens is 304 g/mol. The second kappa shape index (κ2) is 8.77. The summed E-state index contributed by atoms with van der Waals surface area (Å²) in [5, 5.41) is 0. The molecule has 1 aromatic rings. The standard InChI is InChI=1S/C16H20O7/c1-20-11-7-5-10(6-8-11)12(9-13(17)21-2)14(15(18)22-3)16(19)23-4/h5-8,12,14H,9H2,1-4H3. The van der Waals surface area contributed by atoms with Crippen molar-refractivity contribution in [3.8, 4) is 5.75 Å². The maximum Gasteiger partial charge on any atom is 0.320 e. The highest BCUT2D eigenvalue weighted by Crippen LogP contribution is 2.32. The average Bonchev–Trinajstić information content (AvgIpc) is 2.60. The summed E-state index contributed by atoms with van der Waals surface area (Å²) in [7, 11) is 5.09. The number of carbonyl (C=O) groups excluding carboxylic acids is 3. The van der Waals surface area contributed by atoms with Gasteiger partial charge in [-0.25, -0.2) is 0 Å². The van der Waals surface area contributed by atoms with Gasteiger partial charge >= 0.3 is 17.9 Å². The lowest BCUT2D eigenvalue weighted by atomic mass is 9.83. The lowest BCUT2D eigenvalue weighted by Crippen LogP contribution is -2.33. The largest absolute Gasteiger partial charge is 0.497 e. The van der Waals surface area contributed by atoms with E-state index in [4.69, 9.17) is 4.74 Å². The number of methoxy groups -OCH3 is 4. The molecule has 0 saturated carbocycles. The summed E-state index contributed by atoms with van der Waals surface area (Å²) in [6, 6.07) is 6.69. The summed E-state index contributed by atoms with van der Waals surface area (Å²) in [6.45, 7) is 0. The van der Waals surface area contributed by atoms with E-state index >= 15 is 0 Å². The van der Waals surface area contributed by atoms with Gasteiger partial charge in [0.2, 0.25) is 0 Å². The Morgan fingerprint density at radius 1 is 0.870 bits per heavy atom. The zero-order chi connectivity index (χ0) is 17.4. The van der Waals surface area contributed by atoms with E-state index in [2.05, 4.69) is 14.2 Å². The molecule has 0 N–H and O–H groups in total. The third-order valence-electron chi connectivity index (χ3n) is 3.47. The van der Waals surface area contributed by atoms with Crippen molar-refractivity contribution < 1.29 is 33.3 Å². The van der Waals surface area contributed by atoms with Crippen molar-refractivity contribution in [2.75, 3.05) is 28.4 Å². The number of benzene rings is 1. The minimum atomic E-state index is -1.27. The number of ether oxygens (including phenoxy) is 4. The summed E-state index contributed by atoms with van der Waals surface area (Å²) in [4.78, 5) is 35.7. The number of carbonyl (C=O) groups is 3. The van der Waals surface area contributed by atoms with Gasteiger partial charge < -0.3 is 18.9 Å². The van der Waals surface area contributed by atoms with Crippen LogP contribution in [0.15, 0.2) is 24.3 Å². The van der Waals surface area contributed by atoms with E-state index in [1.165, 1.54) is 28.4 Å². The SMILES string of the molecule is COC(=O)CC(c1ccc(OC)cc1)C(C(=O)OC)C(=O)OC. The van der Waals surface area contributed by atoms with E-state index in [9.17, 15) is 14.4 Å². The number of hydrogen-bond acceptors (Lipinski definition) is 7. The summed E-state index contributed by atoms with van der Waals surface area (Å²) in [6.07, 6.45) is -0.169. The quantitative estimate of drug-likeness (QED) is 0.424. The smallest absolute Gasteiger partial charge is 0.320 e. The van der Waals surface area contributed by atoms with Crippen LogP contribution in [0.25, 0.3) is 0 Å². The maximum absolute atomic E-state index is 12.0. The highest BCUT2D eigenvalue weighted by atomic mass is 16.5. The van der Waals surface area contributed by atoms with Crippen LogP contribution in [0.2, 0.25) is 0 Å². The molecule has 1 unspecified atom stereocenters. The van der Waals surface area contributed by atoms with Crippen LogP contribution in [0, 0.1) is 5.92 Å². The topological polar surface area (TPSA) is 88.1 Å². The number of hydrogen-bond donors (Lipinski definition) is 0. The second-order valence-electron chi connectivity index (χ2n) is 4.68. The molecule has 7 nitrogen and oxygen atoms in total. The third-order valence-corrected chi connectivity index (χ3v) is 3.47. The summed E-state index contributed by atoms with van der Waals surface area (Å²) in [5.74, 6) is -3.53. The fraction of sp³-hybridized carbons (Fsp3) is 0.438. The van der Waals surface area contributed by atoms with Crippen LogP contribution in [0.4, 0.5) is 0 Å². The first-order valence-corrected chi connectivity index (χ1v) is 6.84. The van der Waals surface area contributed by atoms with Gasteiger partial charge in [-0.15, -0.1) is 0 Å². The van der Waals surface area contributed by atoms with Gasteiger partial charge in [-0.3, -0.25) is 14.4 Å². The molecule has 1 rings (SSSR count). The van der Waals surface area contributed by atoms with Crippen LogP contribution in [0.1, 0.15) is 17.9 Å². The highest BCUT2D eigenvalue weighted by Gasteiger charge is 2.39. The van der Waals surface area contributed by atoms with E-state index in [0.29, 0.717) is 11.3 Å². The van der Waals surface area contributed by atoms with Crippen molar-refractivity contribution in [2.45, 2.75) is 12.3 Å². The number of rotatable bonds is 7. The predicted octanol–water partition coefficient (Wildman–Crippen LogP) is 1.30. The van der Waals surface area contributed by atoms with Gasteiger partial charge in [0.15, 0.2) is 5.92 Å². The molecular formula is C16H20O7. The highest BCUT2D eigenvalue weighted by molar-refractivity contribution is 5.96. The first kappa shape index (κ1) is 18.5.